The van der Waals surface area contributed by atoms with Gasteiger partial charge in [-0.05, 0) is 30.0 Å². The summed E-state index contributed by atoms with van der Waals surface area (Å²) in [7, 11) is 0. The molecule has 1 saturated heterocycles. The summed E-state index contributed by atoms with van der Waals surface area (Å²) in [5.74, 6) is -1.67. The number of carbonyl (C=O) groups is 2. The van der Waals surface area contributed by atoms with Gasteiger partial charge < -0.3 is 10.0 Å². The zero-order valence-corrected chi connectivity index (χ0v) is 11.4. The van der Waals surface area contributed by atoms with Crippen LogP contribution in [-0.2, 0) is 16.0 Å². The Morgan fingerprint density at radius 1 is 1.45 bits per heavy atom. The van der Waals surface area contributed by atoms with E-state index in [9.17, 15) is 14.0 Å². The van der Waals surface area contributed by atoms with Crippen molar-refractivity contribution >= 4 is 11.9 Å². The summed E-state index contributed by atoms with van der Waals surface area (Å²) >= 11 is 0. The molecule has 1 fully saturated rings. The largest absolute Gasteiger partial charge is 0.481 e. The molecule has 4 nitrogen and oxygen atoms in total. The third-order valence-corrected chi connectivity index (χ3v) is 3.82. The van der Waals surface area contributed by atoms with Gasteiger partial charge in [-0.3, -0.25) is 9.59 Å². The standard InChI is InChI=1S/C15H18FNO3/c1-10-9-17(6-5-13(10)15(19)20)14(18)8-11-3-2-4-12(16)7-11/h2-4,7,10,13H,5-6,8-9H2,1H3,(H,19,20). The summed E-state index contributed by atoms with van der Waals surface area (Å²) < 4.78 is 13.1. The average molecular weight is 279 g/mol. The van der Waals surface area contributed by atoms with E-state index >= 15 is 0 Å². The van der Waals surface area contributed by atoms with E-state index in [0.717, 1.165) is 0 Å². The van der Waals surface area contributed by atoms with Crippen LogP contribution in [0.15, 0.2) is 24.3 Å². The van der Waals surface area contributed by atoms with Crippen LogP contribution in [0.3, 0.4) is 0 Å². The number of likely N-dealkylation sites (tertiary alicyclic amines) is 1. The first-order valence-corrected chi connectivity index (χ1v) is 6.72. The van der Waals surface area contributed by atoms with E-state index < -0.39 is 5.97 Å². The van der Waals surface area contributed by atoms with Crippen LogP contribution < -0.4 is 0 Å². The molecular weight excluding hydrogens is 261 g/mol. The van der Waals surface area contributed by atoms with Gasteiger partial charge in [0.05, 0.1) is 12.3 Å². The van der Waals surface area contributed by atoms with Gasteiger partial charge in [-0.15, -0.1) is 0 Å². The van der Waals surface area contributed by atoms with Crippen molar-refractivity contribution in [2.75, 3.05) is 13.1 Å². The predicted molar refractivity (Wildman–Crippen MR) is 71.6 cm³/mol. The van der Waals surface area contributed by atoms with Gasteiger partial charge in [0.25, 0.3) is 0 Å². The molecule has 1 aromatic carbocycles. The van der Waals surface area contributed by atoms with E-state index in [1.807, 2.05) is 6.92 Å². The molecule has 2 unspecified atom stereocenters. The van der Waals surface area contributed by atoms with E-state index in [4.69, 9.17) is 5.11 Å². The number of amides is 1. The van der Waals surface area contributed by atoms with E-state index in [1.54, 1.807) is 17.0 Å². The maximum atomic E-state index is 13.1. The highest BCUT2D eigenvalue weighted by molar-refractivity contribution is 5.79. The molecule has 0 aliphatic carbocycles. The second kappa shape index (κ2) is 6.03. The molecule has 1 aromatic rings. The number of rotatable bonds is 3. The van der Waals surface area contributed by atoms with Gasteiger partial charge in [-0.25, -0.2) is 4.39 Å². The number of hydrogen-bond donors (Lipinski definition) is 1. The summed E-state index contributed by atoms with van der Waals surface area (Å²) in [5.41, 5.74) is 0.642. The molecule has 1 amide bonds. The number of carboxylic acids is 1. The first-order valence-electron chi connectivity index (χ1n) is 6.72. The van der Waals surface area contributed by atoms with Gasteiger partial charge in [-0.2, -0.15) is 0 Å². The molecular formula is C15H18FNO3. The molecule has 1 aliphatic rings. The smallest absolute Gasteiger partial charge is 0.306 e. The van der Waals surface area contributed by atoms with Crippen molar-refractivity contribution in [3.8, 4) is 0 Å². The fourth-order valence-electron chi connectivity index (χ4n) is 2.67. The van der Waals surface area contributed by atoms with Crippen LogP contribution in [0.25, 0.3) is 0 Å². The summed E-state index contributed by atoms with van der Waals surface area (Å²) in [6, 6.07) is 5.99. The minimum Gasteiger partial charge on any atom is -0.481 e. The van der Waals surface area contributed by atoms with Crippen molar-refractivity contribution in [1.82, 2.24) is 4.90 Å². The van der Waals surface area contributed by atoms with Gasteiger partial charge in [0.1, 0.15) is 5.82 Å². The number of carbonyl (C=O) groups excluding carboxylic acids is 1. The molecule has 0 aromatic heterocycles. The molecule has 20 heavy (non-hydrogen) atoms. The quantitative estimate of drug-likeness (QED) is 0.920. The van der Waals surface area contributed by atoms with E-state index in [-0.39, 0.29) is 30.0 Å². The molecule has 0 bridgehead atoms. The monoisotopic (exact) mass is 279 g/mol. The fourth-order valence-corrected chi connectivity index (χ4v) is 2.67. The molecule has 0 radical (unpaired) electrons. The van der Waals surface area contributed by atoms with Crippen molar-refractivity contribution in [3.63, 3.8) is 0 Å². The zero-order chi connectivity index (χ0) is 14.7. The number of hydrogen-bond acceptors (Lipinski definition) is 2. The first-order chi connectivity index (χ1) is 9.47. The van der Waals surface area contributed by atoms with Crippen LogP contribution in [0.4, 0.5) is 4.39 Å². The molecule has 1 N–H and O–H groups in total. The Kier molecular flexibility index (Phi) is 4.37. The predicted octanol–water partition coefficient (Wildman–Crippen LogP) is 1.94. The van der Waals surface area contributed by atoms with Crippen LogP contribution in [0, 0.1) is 17.7 Å². The second-order valence-electron chi connectivity index (χ2n) is 5.36. The van der Waals surface area contributed by atoms with Crippen molar-refractivity contribution in [3.05, 3.63) is 35.6 Å². The highest BCUT2D eigenvalue weighted by Crippen LogP contribution is 2.24. The third kappa shape index (κ3) is 3.35. The molecule has 108 valence electrons. The molecule has 2 atom stereocenters. The highest BCUT2D eigenvalue weighted by atomic mass is 19.1. The minimum atomic E-state index is -0.797. The normalized spacial score (nSPS) is 22.6. The summed E-state index contributed by atoms with van der Waals surface area (Å²) in [5, 5.41) is 9.05. The maximum Gasteiger partial charge on any atom is 0.306 e. The van der Waals surface area contributed by atoms with E-state index in [2.05, 4.69) is 0 Å². The number of carboxylic acid groups (broad SMARTS) is 1. The SMILES string of the molecule is CC1CN(C(=O)Cc2cccc(F)c2)CCC1C(=O)O. The average Bonchev–Trinajstić information content (AvgIpc) is 2.38. The Morgan fingerprint density at radius 3 is 2.80 bits per heavy atom. The number of aliphatic carboxylic acids is 1. The summed E-state index contributed by atoms with van der Waals surface area (Å²) in [6.45, 7) is 2.75. The lowest BCUT2D eigenvalue weighted by atomic mass is 9.87. The van der Waals surface area contributed by atoms with Crippen LogP contribution >= 0.6 is 0 Å². The number of piperidine rings is 1. The molecule has 2 rings (SSSR count). The van der Waals surface area contributed by atoms with Crippen LogP contribution in [0.1, 0.15) is 18.9 Å². The van der Waals surface area contributed by atoms with Crippen molar-refractivity contribution in [1.29, 1.82) is 0 Å². The van der Waals surface area contributed by atoms with Gasteiger partial charge in [0.2, 0.25) is 5.91 Å². The summed E-state index contributed by atoms with van der Waals surface area (Å²) in [4.78, 5) is 24.9. The van der Waals surface area contributed by atoms with Crippen molar-refractivity contribution in [2.45, 2.75) is 19.8 Å². The molecule has 5 heteroatoms. The maximum absolute atomic E-state index is 13.1. The summed E-state index contributed by atoms with van der Waals surface area (Å²) in [6.07, 6.45) is 0.633. The molecule has 0 spiro atoms. The highest BCUT2D eigenvalue weighted by Gasteiger charge is 2.32. The molecule has 1 heterocycles. The van der Waals surface area contributed by atoms with Crippen molar-refractivity contribution in [2.24, 2.45) is 11.8 Å². The number of halogens is 1. The Morgan fingerprint density at radius 2 is 2.20 bits per heavy atom. The minimum absolute atomic E-state index is 0.0577. The van der Waals surface area contributed by atoms with Gasteiger partial charge >= 0.3 is 5.97 Å². The van der Waals surface area contributed by atoms with Crippen LogP contribution in [0.5, 0.6) is 0 Å². The lowest BCUT2D eigenvalue weighted by Gasteiger charge is -2.35. The molecule has 1 aliphatic heterocycles. The molecule has 0 saturated carbocycles. The fraction of sp³-hybridized carbons (Fsp3) is 0.467. The van der Waals surface area contributed by atoms with Crippen molar-refractivity contribution < 1.29 is 19.1 Å². The number of benzene rings is 1. The first kappa shape index (κ1) is 14.5. The Labute approximate surface area is 117 Å². The zero-order valence-electron chi connectivity index (χ0n) is 11.4. The number of nitrogens with zero attached hydrogens (tertiary/aromatic N) is 1. The lowest BCUT2D eigenvalue weighted by molar-refractivity contribution is -0.148. The van der Waals surface area contributed by atoms with Gasteiger partial charge in [0, 0.05) is 13.1 Å². The van der Waals surface area contributed by atoms with Gasteiger partial charge in [-0.1, -0.05) is 19.1 Å². The van der Waals surface area contributed by atoms with Gasteiger partial charge in [0.15, 0.2) is 0 Å². The third-order valence-electron chi connectivity index (χ3n) is 3.82. The lowest BCUT2D eigenvalue weighted by Crippen LogP contribution is -2.45. The Bertz CT molecular complexity index is 518. The van der Waals surface area contributed by atoms with E-state index in [0.29, 0.717) is 25.1 Å². The van der Waals surface area contributed by atoms with Crippen LogP contribution in [0.2, 0.25) is 0 Å². The van der Waals surface area contributed by atoms with E-state index in [1.165, 1.54) is 12.1 Å². The van der Waals surface area contributed by atoms with Crippen LogP contribution in [-0.4, -0.2) is 35.0 Å². The second-order valence-corrected chi connectivity index (χ2v) is 5.36. The Balaban J connectivity index is 1.96. The Hall–Kier alpha value is -1.91. The topological polar surface area (TPSA) is 57.6 Å².